The smallest absolute Gasteiger partial charge is 0.139 e. The second-order valence-electron chi connectivity index (χ2n) is 4.04. The minimum absolute atomic E-state index is 0.307. The third kappa shape index (κ3) is 2.52. The van der Waals surface area contributed by atoms with Gasteiger partial charge in [0.15, 0.2) is 0 Å². The van der Waals surface area contributed by atoms with Gasteiger partial charge in [0, 0.05) is 12.6 Å². The van der Waals surface area contributed by atoms with Crippen LogP contribution in [0.1, 0.15) is 24.5 Å². The highest BCUT2D eigenvalue weighted by molar-refractivity contribution is 9.10. The molecule has 0 aliphatic rings. The van der Waals surface area contributed by atoms with E-state index in [4.69, 9.17) is 11.6 Å². The number of halogens is 4. The molecule has 2 rings (SSSR count). The van der Waals surface area contributed by atoms with Crippen LogP contribution in [0.15, 0.2) is 16.6 Å². The van der Waals surface area contributed by atoms with Crippen LogP contribution in [-0.2, 0) is 6.54 Å². The molecule has 1 atom stereocenters. The summed E-state index contributed by atoms with van der Waals surface area (Å²) in [5.41, 5.74) is 1.30. The lowest BCUT2D eigenvalue weighted by Gasteiger charge is -2.09. The third-order valence-corrected chi connectivity index (χ3v) is 3.49. The Balaban J connectivity index is 2.61. The highest BCUT2D eigenvalue weighted by Crippen LogP contribution is 2.28. The van der Waals surface area contributed by atoms with E-state index in [0.29, 0.717) is 34.3 Å². The fourth-order valence-corrected chi connectivity index (χ4v) is 2.39. The van der Waals surface area contributed by atoms with E-state index in [0.717, 1.165) is 0 Å². The Labute approximate surface area is 117 Å². The maximum absolute atomic E-state index is 13.6. The lowest BCUT2D eigenvalue weighted by Crippen LogP contribution is -2.05. The summed E-state index contributed by atoms with van der Waals surface area (Å²) in [6, 6.07) is 3.01. The fourth-order valence-electron chi connectivity index (χ4n) is 1.90. The van der Waals surface area contributed by atoms with Crippen LogP contribution in [0.2, 0.25) is 0 Å². The molecule has 0 radical (unpaired) electrons. The molecule has 2 nitrogen and oxygen atoms in total. The maximum Gasteiger partial charge on any atom is 0.139 e. The van der Waals surface area contributed by atoms with Crippen LogP contribution < -0.4 is 0 Å². The van der Waals surface area contributed by atoms with E-state index in [9.17, 15) is 8.78 Å². The molecular formula is C12H12BrClF2N2. The van der Waals surface area contributed by atoms with Crippen LogP contribution in [0.4, 0.5) is 8.78 Å². The normalized spacial score (nSPS) is 13.2. The van der Waals surface area contributed by atoms with E-state index in [2.05, 4.69) is 20.9 Å². The molecule has 0 N–H and O–H groups in total. The molecule has 18 heavy (non-hydrogen) atoms. The van der Waals surface area contributed by atoms with Crippen molar-refractivity contribution in [2.75, 3.05) is 6.67 Å². The highest BCUT2D eigenvalue weighted by Gasteiger charge is 2.16. The third-order valence-electron chi connectivity index (χ3n) is 2.69. The SMILES string of the molecule is CC(Cl)c1nc2cc(Br)c(F)cc2n1CCCF. The Hall–Kier alpha value is -0.680. The Morgan fingerprint density at radius 2 is 2.22 bits per heavy atom. The quantitative estimate of drug-likeness (QED) is 0.746. The predicted octanol–water partition coefficient (Wildman–Crippen LogP) is 4.60. The molecule has 1 unspecified atom stereocenters. The van der Waals surface area contributed by atoms with Gasteiger partial charge in [0.25, 0.3) is 0 Å². The maximum atomic E-state index is 13.6. The van der Waals surface area contributed by atoms with Crippen molar-refractivity contribution in [1.82, 2.24) is 9.55 Å². The number of hydrogen-bond donors (Lipinski definition) is 0. The first-order valence-corrected chi connectivity index (χ1v) is 6.82. The summed E-state index contributed by atoms with van der Waals surface area (Å²) in [7, 11) is 0. The molecule has 6 heteroatoms. The minimum atomic E-state index is -0.422. The van der Waals surface area contributed by atoms with Crippen molar-refractivity contribution in [3.63, 3.8) is 0 Å². The second kappa shape index (κ2) is 5.53. The van der Waals surface area contributed by atoms with Crippen molar-refractivity contribution in [3.05, 3.63) is 28.2 Å². The van der Waals surface area contributed by atoms with Gasteiger partial charge in [-0.25, -0.2) is 9.37 Å². The molecule has 0 aliphatic heterocycles. The topological polar surface area (TPSA) is 17.8 Å². The number of aryl methyl sites for hydroxylation is 1. The summed E-state index contributed by atoms with van der Waals surface area (Å²) < 4.78 is 28.0. The number of nitrogens with zero attached hydrogens (tertiary/aromatic N) is 2. The van der Waals surface area contributed by atoms with Crippen LogP contribution in [-0.4, -0.2) is 16.2 Å². The zero-order valence-corrected chi connectivity index (χ0v) is 12.1. The van der Waals surface area contributed by atoms with Crippen molar-refractivity contribution < 1.29 is 8.78 Å². The summed E-state index contributed by atoms with van der Waals surface area (Å²) >= 11 is 9.18. The number of alkyl halides is 2. The van der Waals surface area contributed by atoms with Gasteiger partial charge in [-0.05, 0) is 35.3 Å². The van der Waals surface area contributed by atoms with Crippen LogP contribution in [0, 0.1) is 5.82 Å². The number of rotatable bonds is 4. The predicted molar refractivity (Wildman–Crippen MR) is 72.3 cm³/mol. The molecule has 0 bridgehead atoms. The van der Waals surface area contributed by atoms with Crippen molar-refractivity contribution in [1.29, 1.82) is 0 Å². The molecule has 0 spiro atoms. The lowest BCUT2D eigenvalue weighted by molar-refractivity contribution is 0.445. The number of hydrogen-bond acceptors (Lipinski definition) is 1. The van der Waals surface area contributed by atoms with Crippen LogP contribution in [0.25, 0.3) is 11.0 Å². The van der Waals surface area contributed by atoms with E-state index in [1.165, 1.54) is 6.07 Å². The lowest BCUT2D eigenvalue weighted by atomic mass is 10.3. The van der Waals surface area contributed by atoms with Crippen LogP contribution in [0.5, 0.6) is 0 Å². The molecule has 0 fully saturated rings. The van der Waals surface area contributed by atoms with E-state index in [1.807, 2.05) is 0 Å². The molecule has 1 heterocycles. The van der Waals surface area contributed by atoms with Crippen molar-refractivity contribution >= 4 is 38.6 Å². The number of imidazole rings is 1. The Kier molecular flexibility index (Phi) is 4.22. The van der Waals surface area contributed by atoms with Gasteiger partial charge in [0.05, 0.1) is 27.6 Å². The average molecular weight is 338 g/mol. The summed E-state index contributed by atoms with van der Waals surface area (Å²) in [5, 5.41) is -0.307. The van der Waals surface area contributed by atoms with Gasteiger partial charge >= 0.3 is 0 Å². The van der Waals surface area contributed by atoms with Crippen molar-refractivity contribution in [2.24, 2.45) is 0 Å². The summed E-state index contributed by atoms with van der Waals surface area (Å²) in [4.78, 5) is 4.38. The highest BCUT2D eigenvalue weighted by atomic mass is 79.9. The molecule has 1 aromatic heterocycles. The average Bonchev–Trinajstić information content (AvgIpc) is 2.65. The summed E-state index contributed by atoms with van der Waals surface area (Å²) in [6.45, 7) is 1.81. The van der Waals surface area contributed by atoms with E-state index < -0.39 is 6.67 Å². The van der Waals surface area contributed by atoms with Gasteiger partial charge < -0.3 is 4.57 Å². The summed E-state index contributed by atoms with van der Waals surface area (Å²) in [5.74, 6) is 0.273. The monoisotopic (exact) mass is 336 g/mol. The van der Waals surface area contributed by atoms with Gasteiger partial charge in [-0.3, -0.25) is 4.39 Å². The Morgan fingerprint density at radius 1 is 1.50 bits per heavy atom. The van der Waals surface area contributed by atoms with Crippen LogP contribution >= 0.6 is 27.5 Å². The first kappa shape index (κ1) is 13.7. The molecular weight excluding hydrogens is 325 g/mol. The van der Waals surface area contributed by atoms with E-state index in [-0.39, 0.29) is 11.2 Å². The van der Waals surface area contributed by atoms with Gasteiger partial charge in [-0.2, -0.15) is 0 Å². The largest absolute Gasteiger partial charge is 0.327 e. The standard InChI is InChI=1S/C12H12BrClF2N2/c1-7(14)12-17-10-5-8(13)9(16)6-11(10)18(12)4-2-3-15/h5-7H,2-4H2,1H3. The molecule has 0 saturated heterocycles. The van der Waals surface area contributed by atoms with Gasteiger partial charge in [-0.15, -0.1) is 11.6 Å². The fraction of sp³-hybridized carbons (Fsp3) is 0.417. The Morgan fingerprint density at radius 3 is 2.83 bits per heavy atom. The summed E-state index contributed by atoms with van der Waals surface area (Å²) in [6.07, 6.45) is 0.361. The first-order valence-electron chi connectivity index (χ1n) is 5.59. The molecule has 2 aromatic rings. The number of benzene rings is 1. The first-order chi connectivity index (χ1) is 8.54. The zero-order valence-electron chi connectivity index (χ0n) is 9.76. The molecule has 0 aliphatic carbocycles. The number of aromatic nitrogens is 2. The minimum Gasteiger partial charge on any atom is -0.327 e. The van der Waals surface area contributed by atoms with Crippen LogP contribution in [0.3, 0.4) is 0 Å². The zero-order chi connectivity index (χ0) is 13.3. The van der Waals surface area contributed by atoms with Gasteiger partial charge in [-0.1, -0.05) is 0 Å². The second-order valence-corrected chi connectivity index (χ2v) is 5.54. The molecule has 0 saturated carbocycles. The van der Waals surface area contributed by atoms with Gasteiger partial charge in [0.1, 0.15) is 11.6 Å². The Bertz CT molecular complexity index is 569. The van der Waals surface area contributed by atoms with E-state index >= 15 is 0 Å². The van der Waals surface area contributed by atoms with E-state index in [1.54, 1.807) is 17.6 Å². The number of fused-ring (bicyclic) bond motifs is 1. The molecule has 98 valence electrons. The van der Waals surface area contributed by atoms with Crippen molar-refractivity contribution in [3.8, 4) is 0 Å². The molecule has 0 amide bonds. The van der Waals surface area contributed by atoms with Gasteiger partial charge in [0.2, 0.25) is 0 Å². The molecule has 1 aromatic carbocycles. The van der Waals surface area contributed by atoms with Crippen molar-refractivity contribution in [2.45, 2.75) is 25.3 Å².